The molecule has 2 heterocycles. The first-order chi connectivity index (χ1) is 13.0. The van der Waals surface area contributed by atoms with E-state index in [1.165, 1.54) is 29.7 Å². The van der Waals surface area contributed by atoms with Gasteiger partial charge in [0.15, 0.2) is 5.75 Å². The number of carbonyl (C=O) groups excluding carboxylic acids is 1. The highest BCUT2D eigenvalue weighted by Crippen LogP contribution is 2.31. The number of carbonyl (C=O) groups is 1. The SMILES string of the molecule is CCN(Cc1ccc(Cl)s1)C(=O)Nc1ccc(OC(F)F)c2ncccc12. The number of hydrogen-bond acceptors (Lipinski definition) is 4. The summed E-state index contributed by atoms with van der Waals surface area (Å²) in [6, 6.07) is 9.59. The van der Waals surface area contributed by atoms with Crippen molar-refractivity contribution in [1.82, 2.24) is 9.88 Å². The van der Waals surface area contributed by atoms with Crippen LogP contribution in [0.2, 0.25) is 4.34 Å². The molecule has 0 aliphatic carbocycles. The number of nitrogens with one attached hydrogen (secondary N) is 1. The number of alkyl halides is 2. The number of aromatic nitrogens is 1. The van der Waals surface area contributed by atoms with E-state index in [1.54, 1.807) is 23.1 Å². The maximum Gasteiger partial charge on any atom is 0.387 e. The number of thiophene rings is 1. The Hall–Kier alpha value is -2.45. The van der Waals surface area contributed by atoms with Gasteiger partial charge in [0.05, 0.1) is 16.6 Å². The number of amides is 2. The first kappa shape index (κ1) is 19.3. The fourth-order valence-electron chi connectivity index (χ4n) is 2.59. The Morgan fingerprint density at radius 2 is 2.15 bits per heavy atom. The molecule has 1 N–H and O–H groups in total. The molecule has 9 heteroatoms. The summed E-state index contributed by atoms with van der Waals surface area (Å²) >= 11 is 7.35. The molecule has 0 radical (unpaired) electrons. The molecule has 0 saturated carbocycles. The van der Waals surface area contributed by atoms with Crippen molar-refractivity contribution in [2.24, 2.45) is 0 Å². The van der Waals surface area contributed by atoms with Crippen LogP contribution >= 0.6 is 22.9 Å². The summed E-state index contributed by atoms with van der Waals surface area (Å²) < 4.78 is 30.3. The molecule has 0 aliphatic heterocycles. The number of urea groups is 1. The van der Waals surface area contributed by atoms with Gasteiger partial charge >= 0.3 is 12.6 Å². The summed E-state index contributed by atoms with van der Waals surface area (Å²) in [6.07, 6.45) is 1.48. The highest BCUT2D eigenvalue weighted by molar-refractivity contribution is 7.16. The Labute approximate surface area is 163 Å². The Morgan fingerprint density at radius 1 is 1.33 bits per heavy atom. The average Bonchev–Trinajstić information content (AvgIpc) is 3.06. The first-order valence-electron chi connectivity index (χ1n) is 8.10. The molecule has 0 saturated heterocycles. The third kappa shape index (κ3) is 4.64. The summed E-state index contributed by atoms with van der Waals surface area (Å²) in [4.78, 5) is 19.4. The highest BCUT2D eigenvalue weighted by atomic mass is 35.5. The Morgan fingerprint density at radius 3 is 2.81 bits per heavy atom. The van der Waals surface area contributed by atoms with Crippen LogP contribution in [0, 0.1) is 0 Å². The second kappa shape index (κ2) is 8.49. The lowest BCUT2D eigenvalue weighted by molar-refractivity contribution is -0.0489. The van der Waals surface area contributed by atoms with Crippen LogP contribution in [-0.2, 0) is 6.54 Å². The Balaban J connectivity index is 1.83. The normalized spacial score (nSPS) is 11.0. The maximum atomic E-state index is 12.7. The highest BCUT2D eigenvalue weighted by Gasteiger charge is 2.17. The zero-order valence-electron chi connectivity index (χ0n) is 14.3. The molecule has 0 bridgehead atoms. The summed E-state index contributed by atoms with van der Waals surface area (Å²) in [5, 5.41) is 3.33. The predicted molar refractivity (Wildman–Crippen MR) is 103 cm³/mol. The lowest BCUT2D eigenvalue weighted by atomic mass is 10.1. The van der Waals surface area contributed by atoms with Gasteiger partial charge in [-0.3, -0.25) is 4.98 Å². The number of rotatable bonds is 6. The van der Waals surface area contributed by atoms with Crippen LogP contribution in [0.1, 0.15) is 11.8 Å². The van der Waals surface area contributed by atoms with Gasteiger partial charge in [-0.1, -0.05) is 11.6 Å². The Kier molecular flexibility index (Phi) is 6.08. The molecule has 27 heavy (non-hydrogen) atoms. The molecule has 0 spiro atoms. The average molecular weight is 412 g/mol. The van der Waals surface area contributed by atoms with Gasteiger partial charge in [-0.2, -0.15) is 8.78 Å². The van der Waals surface area contributed by atoms with Crippen LogP contribution in [0.25, 0.3) is 10.9 Å². The monoisotopic (exact) mass is 411 g/mol. The van der Waals surface area contributed by atoms with Crippen molar-refractivity contribution in [2.45, 2.75) is 20.1 Å². The van der Waals surface area contributed by atoms with E-state index in [-0.39, 0.29) is 17.3 Å². The minimum Gasteiger partial charge on any atom is -0.432 e. The van der Waals surface area contributed by atoms with E-state index in [0.29, 0.717) is 28.5 Å². The molecule has 3 aromatic rings. The molecular formula is C18H16ClF2N3O2S. The van der Waals surface area contributed by atoms with Crippen LogP contribution in [-0.4, -0.2) is 29.1 Å². The van der Waals surface area contributed by atoms with E-state index in [2.05, 4.69) is 15.0 Å². The largest absolute Gasteiger partial charge is 0.432 e. The summed E-state index contributed by atoms with van der Waals surface area (Å²) in [5.41, 5.74) is 0.719. The zero-order valence-corrected chi connectivity index (χ0v) is 15.9. The van der Waals surface area contributed by atoms with Crippen molar-refractivity contribution >= 4 is 45.6 Å². The van der Waals surface area contributed by atoms with Crippen molar-refractivity contribution in [3.05, 3.63) is 51.8 Å². The lowest BCUT2D eigenvalue weighted by Crippen LogP contribution is -2.34. The minimum atomic E-state index is -2.95. The van der Waals surface area contributed by atoms with Crippen LogP contribution in [0.3, 0.4) is 0 Å². The van der Waals surface area contributed by atoms with E-state index in [4.69, 9.17) is 11.6 Å². The summed E-state index contributed by atoms with van der Waals surface area (Å²) in [6.45, 7) is -0.176. The van der Waals surface area contributed by atoms with E-state index >= 15 is 0 Å². The van der Waals surface area contributed by atoms with Crippen molar-refractivity contribution in [3.63, 3.8) is 0 Å². The van der Waals surface area contributed by atoms with Gasteiger partial charge in [0.1, 0.15) is 5.52 Å². The van der Waals surface area contributed by atoms with Gasteiger partial charge in [0.2, 0.25) is 0 Å². The molecule has 142 valence electrons. The van der Waals surface area contributed by atoms with E-state index < -0.39 is 6.61 Å². The van der Waals surface area contributed by atoms with Crippen molar-refractivity contribution < 1.29 is 18.3 Å². The van der Waals surface area contributed by atoms with Crippen LogP contribution in [0.4, 0.5) is 19.3 Å². The van der Waals surface area contributed by atoms with Crippen molar-refractivity contribution in [2.75, 3.05) is 11.9 Å². The number of anilines is 1. The number of hydrogen-bond donors (Lipinski definition) is 1. The van der Waals surface area contributed by atoms with Gasteiger partial charge in [0, 0.05) is 23.0 Å². The quantitative estimate of drug-likeness (QED) is 0.574. The number of nitrogens with zero attached hydrogens (tertiary/aromatic N) is 2. The van der Waals surface area contributed by atoms with Gasteiger partial charge < -0.3 is 15.0 Å². The predicted octanol–water partition coefficient (Wildman–Crippen LogP) is 5.61. The van der Waals surface area contributed by atoms with Gasteiger partial charge in [-0.05, 0) is 43.3 Å². The minimum absolute atomic E-state index is 0.0424. The molecule has 2 amide bonds. The maximum absolute atomic E-state index is 12.7. The molecule has 0 fully saturated rings. The Bertz CT molecular complexity index is 951. The number of fused-ring (bicyclic) bond motifs is 1. The molecule has 0 unspecified atom stereocenters. The van der Waals surface area contributed by atoms with Gasteiger partial charge in [-0.25, -0.2) is 4.79 Å². The second-order valence-corrected chi connectivity index (χ2v) is 7.34. The number of halogens is 3. The fourth-order valence-corrected chi connectivity index (χ4v) is 3.70. The summed E-state index contributed by atoms with van der Waals surface area (Å²) in [7, 11) is 0. The molecule has 5 nitrogen and oxygen atoms in total. The van der Waals surface area contributed by atoms with E-state index in [9.17, 15) is 13.6 Å². The standard InChI is InChI=1S/C18H16ClF2N3O2S/c1-2-24(10-11-5-8-15(19)27-11)18(25)23-13-6-7-14(26-17(20)21)16-12(13)4-3-9-22-16/h3-9,17H,2,10H2,1H3,(H,23,25). The summed E-state index contributed by atoms with van der Waals surface area (Å²) in [5.74, 6) is -0.0424. The number of ether oxygens (including phenoxy) is 1. The van der Waals surface area contributed by atoms with Crippen LogP contribution < -0.4 is 10.1 Å². The topological polar surface area (TPSA) is 54.5 Å². The second-order valence-electron chi connectivity index (χ2n) is 5.54. The third-order valence-corrected chi connectivity index (χ3v) is 5.05. The van der Waals surface area contributed by atoms with Crippen LogP contribution in [0.5, 0.6) is 5.75 Å². The van der Waals surface area contributed by atoms with Crippen molar-refractivity contribution in [1.29, 1.82) is 0 Å². The molecule has 0 atom stereocenters. The van der Waals surface area contributed by atoms with Crippen molar-refractivity contribution in [3.8, 4) is 5.75 Å². The smallest absolute Gasteiger partial charge is 0.387 e. The molecule has 1 aromatic carbocycles. The lowest BCUT2D eigenvalue weighted by Gasteiger charge is -2.21. The first-order valence-corrected chi connectivity index (χ1v) is 9.30. The molecule has 2 aromatic heterocycles. The van der Waals surface area contributed by atoms with Crippen LogP contribution in [0.15, 0.2) is 42.6 Å². The molecule has 0 aliphatic rings. The van der Waals surface area contributed by atoms with Gasteiger partial charge in [-0.15, -0.1) is 11.3 Å². The number of pyridine rings is 1. The van der Waals surface area contributed by atoms with Gasteiger partial charge in [0.25, 0.3) is 0 Å². The van der Waals surface area contributed by atoms with E-state index in [0.717, 1.165) is 4.88 Å². The molecular weight excluding hydrogens is 396 g/mol. The van der Waals surface area contributed by atoms with E-state index in [1.807, 2.05) is 13.0 Å². The number of benzene rings is 1. The molecule has 3 rings (SSSR count). The fraction of sp³-hybridized carbons (Fsp3) is 0.222. The zero-order chi connectivity index (χ0) is 19.4. The third-order valence-electron chi connectivity index (χ3n) is 3.83.